The Kier molecular flexibility index (Phi) is 2.81. The Bertz CT molecular complexity index is 546. The number of nitrogens with one attached hydrogen (secondary N) is 1. The molecule has 0 aliphatic rings. The molecule has 16 heavy (non-hydrogen) atoms. The molecular weight excluding hydrogens is 202 g/mol. The summed E-state index contributed by atoms with van der Waals surface area (Å²) in [6, 6.07) is 3.74. The maximum absolute atomic E-state index is 11.7. The fraction of sp³-hybridized carbons (Fsp3) is 0.250. The van der Waals surface area contributed by atoms with Crippen LogP contribution >= 0.6 is 0 Å². The second kappa shape index (κ2) is 4.26. The van der Waals surface area contributed by atoms with E-state index in [4.69, 9.17) is 0 Å². The van der Waals surface area contributed by atoms with Crippen molar-refractivity contribution in [3.63, 3.8) is 0 Å². The van der Waals surface area contributed by atoms with Gasteiger partial charge in [-0.25, -0.2) is 4.98 Å². The minimum atomic E-state index is -0.0781. The molecule has 4 nitrogen and oxygen atoms in total. The molecule has 82 valence electrons. The van der Waals surface area contributed by atoms with E-state index in [1.165, 1.54) is 0 Å². The van der Waals surface area contributed by atoms with E-state index in [-0.39, 0.29) is 5.56 Å². The van der Waals surface area contributed by atoms with Crippen LogP contribution in [0.15, 0.2) is 29.3 Å². The van der Waals surface area contributed by atoms with E-state index in [9.17, 15) is 4.79 Å². The summed E-state index contributed by atoms with van der Waals surface area (Å²) in [6.07, 6.45) is 4.13. The SMILES string of the molecule is CCc1nc(-c2cccnc2)c(C)c(=O)[nH]1. The third-order valence-corrected chi connectivity index (χ3v) is 2.47. The third kappa shape index (κ3) is 1.86. The highest BCUT2D eigenvalue weighted by molar-refractivity contribution is 5.60. The highest BCUT2D eigenvalue weighted by atomic mass is 16.1. The molecule has 2 aromatic rings. The van der Waals surface area contributed by atoms with Crippen molar-refractivity contribution in [1.82, 2.24) is 15.0 Å². The largest absolute Gasteiger partial charge is 0.310 e. The molecule has 2 rings (SSSR count). The summed E-state index contributed by atoms with van der Waals surface area (Å²) in [5.74, 6) is 0.703. The molecule has 0 saturated carbocycles. The lowest BCUT2D eigenvalue weighted by Gasteiger charge is -2.05. The first-order valence-electron chi connectivity index (χ1n) is 5.22. The van der Waals surface area contributed by atoms with Gasteiger partial charge in [0.05, 0.1) is 5.69 Å². The minimum absolute atomic E-state index is 0.0781. The van der Waals surface area contributed by atoms with Gasteiger partial charge in [-0.3, -0.25) is 9.78 Å². The molecule has 0 radical (unpaired) electrons. The molecule has 4 heteroatoms. The number of aromatic amines is 1. The summed E-state index contributed by atoms with van der Waals surface area (Å²) in [5.41, 5.74) is 2.14. The molecule has 0 aliphatic carbocycles. The first kappa shape index (κ1) is 10.5. The van der Waals surface area contributed by atoms with E-state index in [0.717, 1.165) is 5.56 Å². The predicted molar refractivity (Wildman–Crippen MR) is 62.2 cm³/mol. The molecule has 0 spiro atoms. The zero-order valence-corrected chi connectivity index (χ0v) is 9.32. The van der Waals surface area contributed by atoms with Crippen LogP contribution in [-0.2, 0) is 6.42 Å². The van der Waals surface area contributed by atoms with Crippen LogP contribution in [-0.4, -0.2) is 15.0 Å². The van der Waals surface area contributed by atoms with Gasteiger partial charge >= 0.3 is 0 Å². The topological polar surface area (TPSA) is 58.6 Å². The zero-order valence-electron chi connectivity index (χ0n) is 9.32. The summed E-state index contributed by atoms with van der Waals surface area (Å²) in [5, 5.41) is 0. The highest BCUT2D eigenvalue weighted by Gasteiger charge is 2.08. The first-order valence-corrected chi connectivity index (χ1v) is 5.22. The van der Waals surface area contributed by atoms with Crippen LogP contribution < -0.4 is 5.56 Å². The lowest BCUT2D eigenvalue weighted by molar-refractivity contribution is 0.911. The molecule has 0 bridgehead atoms. The van der Waals surface area contributed by atoms with Gasteiger partial charge in [0.15, 0.2) is 0 Å². The van der Waals surface area contributed by atoms with Crippen molar-refractivity contribution in [2.75, 3.05) is 0 Å². The van der Waals surface area contributed by atoms with Crippen molar-refractivity contribution >= 4 is 0 Å². The van der Waals surface area contributed by atoms with E-state index < -0.39 is 0 Å². The highest BCUT2D eigenvalue weighted by Crippen LogP contribution is 2.16. The number of hydrogen-bond donors (Lipinski definition) is 1. The van der Waals surface area contributed by atoms with E-state index in [1.54, 1.807) is 19.3 Å². The summed E-state index contributed by atoms with van der Waals surface area (Å²) < 4.78 is 0. The predicted octanol–water partition coefficient (Wildman–Crippen LogP) is 1.70. The Hall–Kier alpha value is -1.97. The number of aromatic nitrogens is 3. The monoisotopic (exact) mass is 215 g/mol. The van der Waals surface area contributed by atoms with Crippen LogP contribution in [0.3, 0.4) is 0 Å². The summed E-state index contributed by atoms with van der Waals surface area (Å²) in [4.78, 5) is 22.9. The lowest BCUT2D eigenvalue weighted by Crippen LogP contribution is -2.15. The Balaban J connectivity index is 2.65. The number of aryl methyl sites for hydroxylation is 1. The molecular formula is C12H13N3O. The number of nitrogens with zero attached hydrogens (tertiary/aromatic N) is 2. The number of H-pyrrole nitrogens is 1. The Morgan fingerprint density at radius 1 is 1.44 bits per heavy atom. The van der Waals surface area contributed by atoms with Crippen molar-refractivity contribution in [2.45, 2.75) is 20.3 Å². The van der Waals surface area contributed by atoms with Crippen molar-refractivity contribution in [3.05, 3.63) is 46.3 Å². The van der Waals surface area contributed by atoms with Crippen molar-refractivity contribution in [1.29, 1.82) is 0 Å². The van der Waals surface area contributed by atoms with Crippen LogP contribution in [0, 0.1) is 6.92 Å². The Morgan fingerprint density at radius 2 is 2.25 bits per heavy atom. The fourth-order valence-corrected chi connectivity index (χ4v) is 1.53. The second-order valence-electron chi connectivity index (χ2n) is 3.58. The standard InChI is InChI=1S/C12H13N3O/c1-3-10-14-11(8(2)12(16)15-10)9-5-4-6-13-7-9/h4-7H,3H2,1-2H3,(H,14,15,16). The summed E-state index contributed by atoms with van der Waals surface area (Å²) >= 11 is 0. The van der Waals surface area contributed by atoms with Crippen LogP contribution in [0.25, 0.3) is 11.3 Å². The lowest BCUT2D eigenvalue weighted by atomic mass is 10.1. The molecule has 0 aliphatic heterocycles. The Morgan fingerprint density at radius 3 is 2.88 bits per heavy atom. The van der Waals surface area contributed by atoms with Gasteiger partial charge in [-0.2, -0.15) is 0 Å². The Labute approximate surface area is 93.4 Å². The number of pyridine rings is 1. The van der Waals surface area contributed by atoms with E-state index in [1.807, 2.05) is 19.1 Å². The summed E-state index contributed by atoms with van der Waals surface area (Å²) in [7, 11) is 0. The quantitative estimate of drug-likeness (QED) is 0.829. The van der Waals surface area contributed by atoms with E-state index in [2.05, 4.69) is 15.0 Å². The molecule has 0 unspecified atom stereocenters. The average molecular weight is 215 g/mol. The second-order valence-corrected chi connectivity index (χ2v) is 3.58. The van der Waals surface area contributed by atoms with E-state index >= 15 is 0 Å². The molecule has 0 amide bonds. The van der Waals surface area contributed by atoms with Gasteiger partial charge in [-0.05, 0) is 19.1 Å². The zero-order chi connectivity index (χ0) is 11.5. The normalized spacial score (nSPS) is 10.4. The van der Waals surface area contributed by atoms with Gasteiger partial charge in [0.25, 0.3) is 5.56 Å². The van der Waals surface area contributed by atoms with Gasteiger partial charge in [0.1, 0.15) is 5.82 Å². The van der Waals surface area contributed by atoms with E-state index in [0.29, 0.717) is 23.5 Å². The molecule has 0 saturated heterocycles. The van der Waals surface area contributed by atoms with Crippen LogP contribution in [0.5, 0.6) is 0 Å². The first-order chi connectivity index (χ1) is 7.72. The van der Waals surface area contributed by atoms with Gasteiger partial charge < -0.3 is 4.98 Å². The van der Waals surface area contributed by atoms with Crippen molar-refractivity contribution < 1.29 is 0 Å². The van der Waals surface area contributed by atoms with Gasteiger partial charge in [-0.15, -0.1) is 0 Å². The molecule has 0 atom stereocenters. The van der Waals surface area contributed by atoms with Crippen LogP contribution in [0.4, 0.5) is 0 Å². The average Bonchev–Trinajstić information content (AvgIpc) is 2.33. The minimum Gasteiger partial charge on any atom is -0.310 e. The van der Waals surface area contributed by atoms with Crippen LogP contribution in [0.2, 0.25) is 0 Å². The number of hydrogen-bond acceptors (Lipinski definition) is 3. The number of rotatable bonds is 2. The maximum atomic E-state index is 11.7. The van der Waals surface area contributed by atoms with Crippen molar-refractivity contribution in [2.24, 2.45) is 0 Å². The van der Waals surface area contributed by atoms with Gasteiger partial charge in [0, 0.05) is 29.9 Å². The summed E-state index contributed by atoms with van der Waals surface area (Å²) in [6.45, 7) is 3.73. The third-order valence-electron chi connectivity index (χ3n) is 2.47. The molecule has 2 aromatic heterocycles. The fourth-order valence-electron chi connectivity index (χ4n) is 1.53. The smallest absolute Gasteiger partial charge is 0.254 e. The maximum Gasteiger partial charge on any atom is 0.254 e. The van der Waals surface area contributed by atoms with Gasteiger partial charge in [0.2, 0.25) is 0 Å². The van der Waals surface area contributed by atoms with Crippen LogP contribution in [0.1, 0.15) is 18.3 Å². The molecule has 2 heterocycles. The van der Waals surface area contributed by atoms with Gasteiger partial charge in [-0.1, -0.05) is 6.92 Å². The molecule has 1 N–H and O–H groups in total. The van der Waals surface area contributed by atoms with Crippen molar-refractivity contribution in [3.8, 4) is 11.3 Å². The molecule has 0 aromatic carbocycles. The molecule has 0 fully saturated rings.